The van der Waals surface area contributed by atoms with Crippen molar-refractivity contribution >= 4 is 29.7 Å². The number of carbonyl (C=O) groups excluding carboxylic acids is 5. The average molecular weight is 788 g/mol. The van der Waals surface area contributed by atoms with Crippen LogP contribution in [-0.4, -0.2) is 115 Å². The number of aliphatic hydroxyl groups excluding tert-OH is 1. The zero-order valence-electron chi connectivity index (χ0n) is 35.1. The van der Waals surface area contributed by atoms with Gasteiger partial charge in [-0.3, -0.25) is 14.4 Å². The Hall–Kier alpha value is -2.77. The second kappa shape index (κ2) is 20.8. The van der Waals surface area contributed by atoms with Crippen molar-refractivity contribution in [3.8, 4) is 0 Å². The van der Waals surface area contributed by atoms with Crippen LogP contribution in [0, 0.1) is 35.5 Å². The molecule has 2 heterocycles. The van der Waals surface area contributed by atoms with E-state index in [9.17, 15) is 34.2 Å². The van der Waals surface area contributed by atoms with E-state index in [0.29, 0.717) is 57.8 Å². The van der Waals surface area contributed by atoms with E-state index in [2.05, 4.69) is 13.0 Å². The predicted molar refractivity (Wildman–Crippen MR) is 210 cm³/mol. The molecular weight excluding hydrogens is 718 g/mol. The minimum Gasteiger partial charge on any atom is -0.456 e. The van der Waals surface area contributed by atoms with E-state index in [0.717, 1.165) is 23.9 Å². The van der Waals surface area contributed by atoms with Crippen LogP contribution in [-0.2, 0) is 42.9 Å². The summed E-state index contributed by atoms with van der Waals surface area (Å²) in [5.41, 5.74) is -0.230. The lowest BCUT2D eigenvalue weighted by Gasteiger charge is -2.47. The number of fused-ring (bicyclic) bond motifs is 3. The van der Waals surface area contributed by atoms with Crippen molar-refractivity contribution in [2.45, 2.75) is 160 Å². The number of ketones is 2. The molecule has 2 aliphatic heterocycles. The lowest BCUT2D eigenvalue weighted by atomic mass is 9.65. The summed E-state index contributed by atoms with van der Waals surface area (Å²) in [7, 11) is 4.79. The Morgan fingerprint density at radius 2 is 1.62 bits per heavy atom. The van der Waals surface area contributed by atoms with Gasteiger partial charge in [-0.25, -0.2) is 4.79 Å². The van der Waals surface area contributed by atoms with Gasteiger partial charge in [-0.2, -0.15) is 0 Å². The number of aldehydes is 1. The molecule has 2 N–H and O–H groups in total. The van der Waals surface area contributed by atoms with Crippen LogP contribution in [0.4, 0.5) is 0 Å². The monoisotopic (exact) mass is 787 g/mol. The van der Waals surface area contributed by atoms with Gasteiger partial charge < -0.3 is 38.9 Å². The maximum atomic E-state index is 14.3. The molecule has 4 rings (SSSR count). The van der Waals surface area contributed by atoms with Gasteiger partial charge in [0.25, 0.3) is 11.7 Å². The van der Waals surface area contributed by atoms with Gasteiger partial charge in [-0.1, -0.05) is 38.5 Å². The standard InChI is InChI=1S/C44H69NO11/c1-26-19-27(2)21-37(53-6)33-25-44(52,30(5)23-38(33)54-7)41(49)42(50)45-17-10-9-11-34(45)43(51)56-40(28(3)12-14-35(47)32(20-26)16-18-46)29(4)22-31-13-15-36(48)39(24-31)55-8/h18,20,22,27-28,30-34,36-40,48,52H,9-17,19,21,23-25H2,1-8H3/b26-20+,29-22+. The molecule has 13 atom stereocenters. The smallest absolute Gasteiger partial charge is 0.329 e. The summed E-state index contributed by atoms with van der Waals surface area (Å²) < 4.78 is 23.8. The highest BCUT2D eigenvalue weighted by atomic mass is 16.5. The molecule has 316 valence electrons. The summed E-state index contributed by atoms with van der Waals surface area (Å²) in [6.07, 6.45) is 8.01. The minimum atomic E-state index is -2.00. The van der Waals surface area contributed by atoms with Crippen molar-refractivity contribution in [1.29, 1.82) is 0 Å². The number of rotatable bonds is 7. The molecule has 0 aromatic carbocycles. The lowest BCUT2D eigenvalue weighted by Crippen LogP contribution is -2.61. The second-order valence-corrected chi connectivity index (χ2v) is 17.5. The number of methoxy groups -OCH3 is 3. The van der Waals surface area contributed by atoms with Gasteiger partial charge in [-0.05, 0) is 114 Å². The Morgan fingerprint density at radius 1 is 0.946 bits per heavy atom. The zero-order chi connectivity index (χ0) is 41.3. The third kappa shape index (κ3) is 11.0. The van der Waals surface area contributed by atoms with Gasteiger partial charge in [0, 0.05) is 52.6 Å². The summed E-state index contributed by atoms with van der Waals surface area (Å²) in [5.74, 6) is -4.25. The van der Waals surface area contributed by atoms with Crippen LogP contribution < -0.4 is 0 Å². The number of nitrogens with zero attached hydrogens (tertiary/aromatic N) is 1. The number of hydrogen-bond donors (Lipinski definition) is 2. The Bertz CT molecular complexity index is 1440. The fraction of sp³-hybridized carbons (Fsp3) is 0.795. The second-order valence-electron chi connectivity index (χ2n) is 17.5. The Morgan fingerprint density at radius 3 is 2.29 bits per heavy atom. The summed E-state index contributed by atoms with van der Waals surface area (Å²) >= 11 is 0. The van der Waals surface area contributed by atoms with E-state index >= 15 is 0 Å². The average Bonchev–Trinajstić information content (AvgIpc) is 3.18. The number of amides is 1. The number of cyclic esters (lactones) is 1. The van der Waals surface area contributed by atoms with Gasteiger partial charge in [-0.15, -0.1) is 0 Å². The summed E-state index contributed by atoms with van der Waals surface area (Å²) in [6, 6.07) is -1.02. The highest BCUT2D eigenvalue weighted by Gasteiger charge is 2.55. The van der Waals surface area contributed by atoms with E-state index in [4.69, 9.17) is 18.9 Å². The normalized spacial score (nSPS) is 40.1. The first kappa shape index (κ1) is 45.9. The number of piperidine rings is 1. The van der Waals surface area contributed by atoms with Gasteiger partial charge in [0.05, 0.1) is 24.4 Å². The molecule has 12 nitrogen and oxygen atoms in total. The first-order valence-electron chi connectivity index (χ1n) is 20.9. The molecule has 2 bridgehead atoms. The maximum Gasteiger partial charge on any atom is 0.329 e. The molecule has 3 fully saturated rings. The molecule has 2 saturated carbocycles. The molecule has 13 unspecified atom stereocenters. The van der Waals surface area contributed by atoms with E-state index < -0.39 is 65.4 Å². The molecule has 0 aromatic heterocycles. The van der Waals surface area contributed by atoms with Gasteiger partial charge in [0.2, 0.25) is 0 Å². The van der Waals surface area contributed by atoms with Crippen LogP contribution in [0.5, 0.6) is 0 Å². The molecule has 0 spiro atoms. The fourth-order valence-corrected chi connectivity index (χ4v) is 9.97. The largest absolute Gasteiger partial charge is 0.456 e. The molecular formula is C44H69NO11. The molecule has 4 aliphatic rings. The van der Waals surface area contributed by atoms with E-state index in [1.54, 1.807) is 28.3 Å². The lowest BCUT2D eigenvalue weighted by molar-refractivity contribution is -0.178. The van der Waals surface area contributed by atoms with E-state index in [1.807, 2.05) is 26.8 Å². The molecule has 56 heavy (non-hydrogen) atoms. The number of Topliss-reactive ketones (excluding diaryl/α,β-unsaturated/α-hetero) is 2. The van der Waals surface area contributed by atoms with E-state index in [-0.39, 0.29) is 61.6 Å². The Balaban J connectivity index is 1.75. The van der Waals surface area contributed by atoms with Crippen LogP contribution in [0.1, 0.15) is 118 Å². The highest BCUT2D eigenvalue weighted by molar-refractivity contribution is 6.39. The number of esters is 1. The molecule has 12 heteroatoms. The molecule has 2 aliphatic carbocycles. The van der Waals surface area contributed by atoms with Gasteiger partial charge in [0.15, 0.2) is 0 Å². The molecule has 1 saturated heterocycles. The summed E-state index contributed by atoms with van der Waals surface area (Å²) in [4.78, 5) is 69.7. The third-order valence-corrected chi connectivity index (χ3v) is 13.3. The quantitative estimate of drug-likeness (QED) is 0.148. The number of aliphatic hydroxyl groups is 2. The highest BCUT2D eigenvalue weighted by Crippen LogP contribution is 2.43. The van der Waals surface area contributed by atoms with Crippen LogP contribution >= 0.6 is 0 Å². The topological polar surface area (TPSA) is 166 Å². The van der Waals surface area contributed by atoms with Gasteiger partial charge in [0.1, 0.15) is 29.8 Å². The van der Waals surface area contributed by atoms with Gasteiger partial charge >= 0.3 is 5.97 Å². The van der Waals surface area contributed by atoms with Crippen LogP contribution in [0.15, 0.2) is 23.3 Å². The van der Waals surface area contributed by atoms with Crippen molar-refractivity contribution in [1.82, 2.24) is 4.90 Å². The Labute approximate surface area is 334 Å². The van der Waals surface area contributed by atoms with Crippen molar-refractivity contribution in [2.24, 2.45) is 35.5 Å². The molecule has 0 aromatic rings. The van der Waals surface area contributed by atoms with Crippen LogP contribution in [0.3, 0.4) is 0 Å². The number of hydrogen-bond acceptors (Lipinski definition) is 11. The Kier molecular flexibility index (Phi) is 17.0. The SMILES string of the molecule is COC1CC(/C=C(\C)C2OC(=O)C3CCCCN3C(=O)C(=O)C3(O)CC(C(OC)CC(C)C/C(C)=C/C(CC=O)C(=O)CCC2C)C(OC)CC3C)CCC1O. The third-order valence-electron chi connectivity index (χ3n) is 13.3. The van der Waals surface area contributed by atoms with Crippen LogP contribution in [0.25, 0.3) is 0 Å². The first-order chi connectivity index (χ1) is 26.6. The van der Waals surface area contributed by atoms with Crippen molar-refractivity contribution in [2.75, 3.05) is 27.9 Å². The van der Waals surface area contributed by atoms with E-state index in [1.165, 1.54) is 4.90 Å². The predicted octanol–water partition coefficient (Wildman–Crippen LogP) is 5.34. The van der Waals surface area contributed by atoms with Crippen LogP contribution in [0.2, 0.25) is 0 Å². The molecule has 0 radical (unpaired) electrons. The fourth-order valence-electron chi connectivity index (χ4n) is 9.97. The number of carbonyl (C=O) groups is 5. The number of allylic oxidation sites excluding steroid dienone is 3. The van der Waals surface area contributed by atoms with Crippen molar-refractivity contribution in [3.05, 3.63) is 23.3 Å². The van der Waals surface area contributed by atoms with Crippen molar-refractivity contribution in [3.63, 3.8) is 0 Å². The number of ether oxygens (including phenoxy) is 4. The first-order valence-corrected chi connectivity index (χ1v) is 20.9. The minimum absolute atomic E-state index is 0.0398. The summed E-state index contributed by atoms with van der Waals surface area (Å²) in [5, 5.41) is 22.6. The van der Waals surface area contributed by atoms with Crippen molar-refractivity contribution < 1.29 is 53.1 Å². The maximum absolute atomic E-state index is 14.3. The molecule has 1 amide bonds. The zero-order valence-corrected chi connectivity index (χ0v) is 35.1. The summed E-state index contributed by atoms with van der Waals surface area (Å²) in [6.45, 7) is 9.81.